The fourth-order valence-corrected chi connectivity index (χ4v) is 3.15. The number of ketones is 2. The molecule has 0 aromatic carbocycles. The maximum atomic E-state index is 11.4. The monoisotopic (exact) mass is 492 g/mol. The number of rotatable bonds is 10. The van der Waals surface area contributed by atoms with Crippen molar-refractivity contribution in [3.05, 3.63) is 0 Å². The molecule has 0 aliphatic carbocycles. The normalized spacial score (nSPS) is 13.2. The van der Waals surface area contributed by atoms with Crippen molar-refractivity contribution in [2.24, 2.45) is 0 Å². The Morgan fingerprint density at radius 2 is 1.31 bits per heavy atom. The molecule has 1 rings (SSSR count). The Morgan fingerprint density at radius 1 is 0.875 bits per heavy atom. The first-order valence-corrected chi connectivity index (χ1v) is 11.6. The molecular weight excluding hydrogens is 456 g/mol. The Hall–Kier alpha value is -1.68. The second-order valence-corrected chi connectivity index (χ2v) is 11.7. The highest BCUT2D eigenvalue weighted by atomic mass is 32.2. The average Bonchev–Trinajstić information content (AvgIpc) is 3.00. The van der Waals surface area contributed by atoms with Crippen LogP contribution in [0, 0.1) is 0 Å². The van der Waals surface area contributed by atoms with Crippen molar-refractivity contribution < 1.29 is 38.6 Å². The van der Waals surface area contributed by atoms with Gasteiger partial charge in [0.15, 0.2) is 5.12 Å². The highest BCUT2D eigenvalue weighted by Crippen LogP contribution is 2.31. The molecule has 1 heterocycles. The van der Waals surface area contributed by atoms with E-state index in [2.05, 4.69) is 17.4 Å². The van der Waals surface area contributed by atoms with Crippen LogP contribution in [0.1, 0.15) is 92.9 Å². The minimum Gasteiger partial charge on any atom is -0.481 e. The second-order valence-electron chi connectivity index (χ2n) is 8.69. The minimum atomic E-state index is -0.963. The average molecular weight is 493 g/mol. The maximum Gasteiger partial charge on any atom is 0.314 e. The molecule has 0 spiro atoms. The summed E-state index contributed by atoms with van der Waals surface area (Å²) in [5.41, 5.74) is 0. The molecule has 32 heavy (non-hydrogen) atoms. The van der Waals surface area contributed by atoms with Crippen molar-refractivity contribution in [1.82, 2.24) is 0 Å². The molecule has 0 aromatic rings. The molecule has 1 N–H and O–H groups in total. The van der Waals surface area contributed by atoms with E-state index in [9.17, 15) is 28.8 Å². The second kappa shape index (κ2) is 16.0. The number of hydrogen-bond acceptors (Lipinski definition) is 9. The molecule has 1 aliphatic heterocycles. The molecule has 184 valence electrons. The van der Waals surface area contributed by atoms with Crippen molar-refractivity contribution in [3.8, 4) is 0 Å². The van der Waals surface area contributed by atoms with E-state index in [1.54, 1.807) is 6.92 Å². The van der Waals surface area contributed by atoms with Gasteiger partial charge in [0.2, 0.25) is 0 Å². The van der Waals surface area contributed by atoms with Gasteiger partial charge < -0.3 is 19.4 Å². The third-order valence-electron chi connectivity index (χ3n) is 3.86. The molecule has 0 atom stereocenters. The fraction of sp³-hybridized carbons (Fsp3) is 0.727. The third-order valence-corrected chi connectivity index (χ3v) is 5.27. The molecule has 8 nitrogen and oxygen atoms in total. The van der Waals surface area contributed by atoms with E-state index in [4.69, 9.17) is 5.11 Å². The molecule has 1 saturated heterocycles. The number of Topliss-reactive ketones (excluding diaryl/α,β-unsaturated/α-hetero) is 2. The first kappa shape index (κ1) is 32.5. The van der Waals surface area contributed by atoms with Crippen LogP contribution >= 0.6 is 24.4 Å². The standard InChI is InChI=1S/C11H18O4S.C7H14OS.C4H4O3/c1-8(12)6-7-11(2,3)16-10(15)5-4-9(13)14;1-6(8)4-5-7(2,3)9;5-3-1-2-4(6)7-3/h4-7H2,1-3H3,(H,13,14);9H,4-5H2,1-3H3;1-2H2. The van der Waals surface area contributed by atoms with Crippen LogP contribution in [0.4, 0.5) is 0 Å². The molecule has 0 saturated carbocycles. The van der Waals surface area contributed by atoms with Crippen LogP contribution in [-0.2, 0) is 33.5 Å². The molecule has 0 bridgehead atoms. The number of carboxylic acid groups (broad SMARTS) is 1. The van der Waals surface area contributed by atoms with Crippen LogP contribution in [0.25, 0.3) is 0 Å². The van der Waals surface area contributed by atoms with Gasteiger partial charge in [0.05, 0.1) is 19.3 Å². The zero-order valence-electron chi connectivity index (χ0n) is 19.8. The summed E-state index contributed by atoms with van der Waals surface area (Å²) < 4.78 is 3.78. The van der Waals surface area contributed by atoms with E-state index >= 15 is 0 Å². The zero-order valence-corrected chi connectivity index (χ0v) is 21.5. The summed E-state index contributed by atoms with van der Waals surface area (Å²) in [7, 11) is 0. The molecule has 0 unspecified atom stereocenters. The summed E-state index contributed by atoms with van der Waals surface area (Å²) in [5, 5.41) is 8.30. The number of thiol groups is 1. The largest absolute Gasteiger partial charge is 0.481 e. The van der Waals surface area contributed by atoms with Crippen LogP contribution in [0.15, 0.2) is 0 Å². The lowest BCUT2D eigenvalue weighted by Gasteiger charge is -2.22. The van der Waals surface area contributed by atoms with Gasteiger partial charge >= 0.3 is 17.9 Å². The van der Waals surface area contributed by atoms with E-state index in [-0.39, 0.29) is 51.9 Å². The Kier molecular flexibility index (Phi) is 16.3. The summed E-state index contributed by atoms with van der Waals surface area (Å²) in [4.78, 5) is 63.0. The predicted octanol–water partition coefficient (Wildman–Crippen LogP) is 4.17. The van der Waals surface area contributed by atoms with Crippen LogP contribution in [-0.4, -0.2) is 49.2 Å². The lowest BCUT2D eigenvalue weighted by atomic mass is 10.1. The smallest absolute Gasteiger partial charge is 0.314 e. The van der Waals surface area contributed by atoms with E-state index in [1.165, 1.54) is 6.92 Å². The number of carboxylic acids is 1. The molecule has 0 aromatic heterocycles. The van der Waals surface area contributed by atoms with Gasteiger partial charge in [-0.15, -0.1) is 0 Å². The quantitative estimate of drug-likeness (QED) is 0.262. The van der Waals surface area contributed by atoms with E-state index in [0.29, 0.717) is 19.3 Å². The molecule has 1 fully saturated rings. The molecule has 0 radical (unpaired) electrons. The number of thioether (sulfide) groups is 1. The van der Waals surface area contributed by atoms with Gasteiger partial charge in [0.25, 0.3) is 0 Å². The summed E-state index contributed by atoms with van der Waals surface area (Å²) in [6.07, 6.45) is 3.04. The fourth-order valence-electron chi connectivity index (χ4n) is 2.01. The van der Waals surface area contributed by atoms with Crippen LogP contribution in [0.2, 0.25) is 0 Å². The van der Waals surface area contributed by atoms with Gasteiger partial charge in [-0.3, -0.25) is 19.2 Å². The minimum absolute atomic E-state index is 0.00562. The van der Waals surface area contributed by atoms with Crippen LogP contribution in [0.5, 0.6) is 0 Å². The zero-order chi connectivity index (χ0) is 25.5. The first-order valence-electron chi connectivity index (χ1n) is 10.3. The summed E-state index contributed by atoms with van der Waals surface area (Å²) in [6.45, 7) is 10.9. The van der Waals surface area contributed by atoms with Crippen molar-refractivity contribution in [3.63, 3.8) is 0 Å². The van der Waals surface area contributed by atoms with Gasteiger partial charge in [-0.1, -0.05) is 39.5 Å². The summed E-state index contributed by atoms with van der Waals surface area (Å²) in [6, 6.07) is 0. The van der Waals surface area contributed by atoms with E-state index < -0.39 is 17.9 Å². The number of aliphatic carboxylic acids is 1. The predicted molar refractivity (Wildman–Crippen MR) is 127 cm³/mol. The van der Waals surface area contributed by atoms with Crippen LogP contribution in [0.3, 0.4) is 0 Å². The highest BCUT2D eigenvalue weighted by molar-refractivity contribution is 8.14. The number of hydrogen-bond donors (Lipinski definition) is 2. The molecule has 10 heteroatoms. The Labute approximate surface area is 200 Å². The van der Waals surface area contributed by atoms with Gasteiger partial charge in [0, 0.05) is 28.8 Å². The van der Waals surface area contributed by atoms with Gasteiger partial charge in [-0.25, -0.2) is 0 Å². The topological polar surface area (TPSA) is 132 Å². The lowest BCUT2D eigenvalue weighted by molar-refractivity contribution is -0.152. The lowest BCUT2D eigenvalue weighted by Crippen LogP contribution is -2.19. The number of ether oxygens (including phenoxy) is 1. The molecule has 1 aliphatic rings. The highest BCUT2D eigenvalue weighted by Gasteiger charge is 2.23. The van der Waals surface area contributed by atoms with Gasteiger partial charge in [0.1, 0.15) is 11.6 Å². The van der Waals surface area contributed by atoms with Crippen LogP contribution < -0.4 is 0 Å². The number of carbonyl (C=O) groups is 6. The third kappa shape index (κ3) is 24.6. The van der Waals surface area contributed by atoms with E-state index in [0.717, 1.165) is 18.2 Å². The number of cyclic esters (lactones) is 2. The van der Waals surface area contributed by atoms with Gasteiger partial charge in [-0.05, 0) is 26.7 Å². The van der Waals surface area contributed by atoms with E-state index in [1.807, 2.05) is 27.7 Å². The number of esters is 2. The molecular formula is C22H36O8S2. The Balaban J connectivity index is 0. The van der Waals surface area contributed by atoms with Crippen molar-refractivity contribution in [2.75, 3.05) is 0 Å². The van der Waals surface area contributed by atoms with Crippen molar-refractivity contribution in [1.29, 1.82) is 0 Å². The maximum absolute atomic E-state index is 11.4. The first-order chi connectivity index (χ1) is 14.4. The Bertz CT molecular complexity index is 664. The van der Waals surface area contributed by atoms with Crippen molar-refractivity contribution >= 4 is 59.0 Å². The number of carbonyl (C=O) groups excluding carboxylic acids is 5. The summed E-state index contributed by atoms with van der Waals surface area (Å²) >= 11 is 5.41. The Morgan fingerprint density at radius 3 is 1.59 bits per heavy atom. The van der Waals surface area contributed by atoms with Crippen molar-refractivity contribution in [2.45, 2.75) is 102 Å². The molecule has 0 amide bonds. The summed E-state index contributed by atoms with van der Waals surface area (Å²) in [5.74, 6) is -1.41. The SMILES string of the molecule is CC(=O)CCC(C)(C)S.CC(=O)CCC(C)(C)SC(=O)CCC(=O)O.O=C1CCC(=O)O1. The van der Waals surface area contributed by atoms with Gasteiger partial charge in [-0.2, -0.15) is 12.6 Å².